The van der Waals surface area contributed by atoms with Crippen LogP contribution in [0.2, 0.25) is 0 Å². The van der Waals surface area contributed by atoms with Crippen molar-refractivity contribution in [3.05, 3.63) is 12.4 Å². The van der Waals surface area contributed by atoms with Crippen LogP contribution in [0.25, 0.3) is 11.6 Å². The summed E-state index contributed by atoms with van der Waals surface area (Å²) in [6.07, 6.45) is 3.42. The molecule has 7 heteroatoms. The number of nitrogens with zero attached hydrogens (tertiary/aromatic N) is 4. The van der Waals surface area contributed by atoms with Gasteiger partial charge in [0.25, 0.3) is 0 Å². The highest BCUT2D eigenvalue weighted by atomic mass is 15.3. The maximum Gasteiger partial charge on any atom is 0.228 e. The van der Waals surface area contributed by atoms with Crippen LogP contribution in [0.5, 0.6) is 0 Å². The largest absolute Gasteiger partial charge is 0.349 e. The van der Waals surface area contributed by atoms with Gasteiger partial charge in [0.1, 0.15) is 0 Å². The topological polar surface area (TPSA) is 91.4 Å². The molecule has 7 nitrogen and oxygen atoms in total. The van der Waals surface area contributed by atoms with Crippen LogP contribution in [0.3, 0.4) is 0 Å². The highest BCUT2D eigenvalue weighted by Gasteiger charge is 2.18. The highest BCUT2D eigenvalue weighted by molar-refractivity contribution is 5.50. The fourth-order valence-corrected chi connectivity index (χ4v) is 1.65. The number of imidazole rings is 1. The molecule has 2 aromatic heterocycles. The summed E-state index contributed by atoms with van der Waals surface area (Å²) in [4.78, 5) is 20.5. The number of H-pyrrole nitrogens is 1. The Labute approximate surface area is 125 Å². The van der Waals surface area contributed by atoms with Gasteiger partial charge in [-0.05, 0) is 41.5 Å². The second kappa shape index (κ2) is 5.31. The Morgan fingerprint density at radius 3 is 1.76 bits per heavy atom. The van der Waals surface area contributed by atoms with E-state index in [4.69, 9.17) is 0 Å². The van der Waals surface area contributed by atoms with Crippen molar-refractivity contribution in [1.29, 1.82) is 0 Å². The van der Waals surface area contributed by atoms with Crippen molar-refractivity contribution in [2.75, 3.05) is 10.6 Å². The zero-order valence-electron chi connectivity index (χ0n) is 13.4. The SMILES string of the molecule is CC(C)(C)Nc1nc(NC(C)(C)C)nc(-c2ncc[nH]2)n1. The van der Waals surface area contributed by atoms with E-state index in [-0.39, 0.29) is 11.1 Å². The Morgan fingerprint density at radius 2 is 1.38 bits per heavy atom. The molecule has 0 radical (unpaired) electrons. The summed E-state index contributed by atoms with van der Waals surface area (Å²) < 4.78 is 0. The van der Waals surface area contributed by atoms with Gasteiger partial charge in [0.05, 0.1) is 0 Å². The summed E-state index contributed by atoms with van der Waals surface area (Å²) in [5.41, 5.74) is -0.276. The van der Waals surface area contributed by atoms with Gasteiger partial charge in [0.2, 0.25) is 17.7 Å². The van der Waals surface area contributed by atoms with Crippen molar-refractivity contribution >= 4 is 11.9 Å². The number of nitrogens with one attached hydrogen (secondary N) is 3. The molecule has 0 spiro atoms. The number of hydrogen-bond donors (Lipinski definition) is 3. The molecule has 0 fully saturated rings. The average Bonchev–Trinajstić information content (AvgIpc) is 2.76. The zero-order valence-corrected chi connectivity index (χ0v) is 13.4. The van der Waals surface area contributed by atoms with Gasteiger partial charge in [-0.2, -0.15) is 15.0 Å². The van der Waals surface area contributed by atoms with Gasteiger partial charge in [-0.1, -0.05) is 0 Å². The van der Waals surface area contributed by atoms with Crippen molar-refractivity contribution in [3.8, 4) is 11.6 Å². The predicted octanol–water partition coefficient (Wildman–Crippen LogP) is 2.68. The fraction of sp³-hybridized carbons (Fsp3) is 0.571. The molecule has 21 heavy (non-hydrogen) atoms. The molecule has 114 valence electrons. The molecular formula is C14H23N7. The van der Waals surface area contributed by atoms with E-state index in [1.807, 2.05) is 0 Å². The lowest BCUT2D eigenvalue weighted by molar-refractivity contribution is 0.616. The predicted molar refractivity (Wildman–Crippen MR) is 84.2 cm³/mol. The molecule has 2 heterocycles. The fourth-order valence-electron chi connectivity index (χ4n) is 1.65. The monoisotopic (exact) mass is 289 g/mol. The zero-order chi connectivity index (χ0) is 15.7. The molecule has 2 aromatic rings. The number of aromatic nitrogens is 5. The van der Waals surface area contributed by atoms with Gasteiger partial charge < -0.3 is 15.6 Å². The minimum atomic E-state index is -0.138. The van der Waals surface area contributed by atoms with Gasteiger partial charge in [0.15, 0.2) is 5.82 Å². The number of rotatable bonds is 3. The first-order valence-electron chi connectivity index (χ1n) is 6.95. The smallest absolute Gasteiger partial charge is 0.228 e. The lowest BCUT2D eigenvalue weighted by Gasteiger charge is -2.23. The first kappa shape index (κ1) is 15.2. The Bertz CT molecular complexity index is 557. The van der Waals surface area contributed by atoms with Crippen molar-refractivity contribution < 1.29 is 0 Å². The first-order chi connectivity index (χ1) is 9.62. The summed E-state index contributed by atoms with van der Waals surface area (Å²) in [5, 5.41) is 6.53. The van der Waals surface area contributed by atoms with Crippen LogP contribution in [0.15, 0.2) is 12.4 Å². The van der Waals surface area contributed by atoms with Crippen LogP contribution in [0.1, 0.15) is 41.5 Å². The van der Waals surface area contributed by atoms with E-state index in [1.165, 1.54) is 0 Å². The third kappa shape index (κ3) is 4.70. The van der Waals surface area contributed by atoms with Gasteiger partial charge in [0, 0.05) is 23.5 Å². The molecule has 0 saturated heterocycles. The van der Waals surface area contributed by atoms with Crippen LogP contribution in [0.4, 0.5) is 11.9 Å². The first-order valence-corrected chi connectivity index (χ1v) is 6.95. The molecule has 0 aromatic carbocycles. The van der Waals surface area contributed by atoms with E-state index in [9.17, 15) is 0 Å². The number of hydrogen-bond acceptors (Lipinski definition) is 6. The van der Waals surface area contributed by atoms with Crippen molar-refractivity contribution in [1.82, 2.24) is 24.9 Å². The second-order valence-corrected chi connectivity index (χ2v) is 6.99. The molecule has 0 atom stereocenters. The van der Waals surface area contributed by atoms with Gasteiger partial charge >= 0.3 is 0 Å². The Balaban J connectivity index is 2.41. The molecular weight excluding hydrogens is 266 g/mol. The maximum absolute atomic E-state index is 4.43. The van der Waals surface area contributed by atoms with Gasteiger partial charge in [-0.25, -0.2) is 4.98 Å². The molecule has 0 amide bonds. The molecule has 0 aliphatic heterocycles. The molecule has 2 rings (SSSR count). The Hall–Kier alpha value is -2.18. The van der Waals surface area contributed by atoms with Crippen molar-refractivity contribution in [2.24, 2.45) is 0 Å². The van der Waals surface area contributed by atoms with Crippen LogP contribution in [-0.4, -0.2) is 36.0 Å². The van der Waals surface area contributed by atoms with Gasteiger partial charge in [-0.3, -0.25) is 0 Å². The second-order valence-electron chi connectivity index (χ2n) is 6.99. The molecule has 0 unspecified atom stereocenters. The summed E-state index contributed by atoms with van der Waals surface area (Å²) in [6, 6.07) is 0. The Morgan fingerprint density at radius 1 is 0.857 bits per heavy atom. The minimum absolute atomic E-state index is 0.138. The molecule has 0 aliphatic rings. The minimum Gasteiger partial charge on any atom is -0.349 e. The summed E-state index contributed by atoms with van der Waals surface area (Å²) in [7, 11) is 0. The van der Waals surface area contributed by atoms with Crippen LogP contribution in [-0.2, 0) is 0 Å². The third-order valence-corrected chi connectivity index (χ3v) is 2.32. The van der Waals surface area contributed by atoms with E-state index in [0.29, 0.717) is 23.5 Å². The van der Waals surface area contributed by atoms with E-state index >= 15 is 0 Å². The van der Waals surface area contributed by atoms with E-state index in [0.717, 1.165) is 0 Å². The van der Waals surface area contributed by atoms with Gasteiger partial charge in [-0.15, -0.1) is 0 Å². The maximum atomic E-state index is 4.43. The molecule has 0 bridgehead atoms. The Kier molecular flexibility index (Phi) is 3.85. The highest BCUT2D eigenvalue weighted by Crippen LogP contribution is 2.18. The quantitative estimate of drug-likeness (QED) is 0.804. The van der Waals surface area contributed by atoms with E-state index in [2.05, 4.69) is 77.1 Å². The summed E-state index contributed by atoms with van der Waals surface area (Å²) >= 11 is 0. The van der Waals surface area contributed by atoms with Crippen LogP contribution >= 0.6 is 0 Å². The summed E-state index contributed by atoms with van der Waals surface area (Å²) in [6.45, 7) is 12.3. The lowest BCUT2D eigenvalue weighted by atomic mass is 10.1. The molecule has 0 aliphatic carbocycles. The third-order valence-electron chi connectivity index (χ3n) is 2.32. The van der Waals surface area contributed by atoms with Crippen LogP contribution in [0, 0.1) is 0 Å². The normalized spacial score (nSPS) is 12.3. The number of anilines is 2. The summed E-state index contributed by atoms with van der Waals surface area (Å²) in [5.74, 6) is 2.17. The lowest BCUT2D eigenvalue weighted by Crippen LogP contribution is -2.30. The number of aromatic amines is 1. The van der Waals surface area contributed by atoms with Crippen LogP contribution < -0.4 is 10.6 Å². The average molecular weight is 289 g/mol. The molecule has 0 saturated carbocycles. The van der Waals surface area contributed by atoms with Crippen molar-refractivity contribution in [2.45, 2.75) is 52.6 Å². The standard InChI is InChI=1S/C14H23N7/c1-13(2,3)20-11-17-10(9-15-7-8-16-9)18-12(19-11)21-14(4,5)6/h7-8H,1-6H3,(H,15,16)(H2,17,18,19,20,21). The van der Waals surface area contributed by atoms with Crippen molar-refractivity contribution in [3.63, 3.8) is 0 Å². The van der Waals surface area contributed by atoms with E-state index in [1.54, 1.807) is 12.4 Å². The van der Waals surface area contributed by atoms with E-state index < -0.39 is 0 Å². The molecule has 3 N–H and O–H groups in total.